The van der Waals surface area contributed by atoms with Crippen molar-refractivity contribution in [2.24, 2.45) is 0 Å². The van der Waals surface area contributed by atoms with Crippen molar-refractivity contribution in [1.82, 2.24) is 14.4 Å². The second-order valence-corrected chi connectivity index (χ2v) is 9.12. The maximum Gasteiger partial charge on any atom is 0.270 e. The van der Waals surface area contributed by atoms with E-state index in [4.69, 9.17) is 0 Å². The Balaban J connectivity index is 1.30. The molecule has 1 saturated heterocycles. The molecule has 152 valence electrons. The van der Waals surface area contributed by atoms with E-state index >= 15 is 0 Å². The van der Waals surface area contributed by atoms with E-state index in [-0.39, 0.29) is 11.7 Å². The molecule has 3 heterocycles. The molecule has 1 aliphatic heterocycles. The van der Waals surface area contributed by atoms with Crippen molar-refractivity contribution in [2.75, 3.05) is 26.2 Å². The predicted molar refractivity (Wildman–Crippen MR) is 115 cm³/mol. The van der Waals surface area contributed by atoms with Gasteiger partial charge in [0.05, 0.1) is 10.2 Å². The van der Waals surface area contributed by atoms with Crippen LogP contribution in [0.2, 0.25) is 0 Å². The standard InChI is InChI=1S/C23H26FN3OS/c24-19-8-4-1-5-17(19)16-25-10-12-26(13-11-25)23(28)21-15-22-20(9-14-29-22)27(21)18-6-2-3-7-18/h1,4-5,8-9,14-15,18H,2-3,6-7,10-13,16H2. The van der Waals surface area contributed by atoms with Crippen molar-refractivity contribution in [2.45, 2.75) is 38.3 Å². The number of piperazine rings is 1. The Hall–Kier alpha value is -2.18. The number of hydrogen-bond acceptors (Lipinski definition) is 3. The number of benzene rings is 1. The first-order valence-electron chi connectivity index (χ1n) is 10.5. The van der Waals surface area contributed by atoms with Gasteiger partial charge in [0.1, 0.15) is 11.5 Å². The molecule has 2 aliphatic rings. The Morgan fingerprint density at radius 1 is 1.07 bits per heavy atom. The molecule has 1 aliphatic carbocycles. The molecule has 5 rings (SSSR count). The Labute approximate surface area is 174 Å². The molecule has 0 bridgehead atoms. The van der Waals surface area contributed by atoms with Gasteiger partial charge in [-0.1, -0.05) is 31.0 Å². The molecule has 0 atom stereocenters. The fraction of sp³-hybridized carbons (Fsp3) is 0.435. The van der Waals surface area contributed by atoms with Gasteiger partial charge < -0.3 is 9.47 Å². The van der Waals surface area contributed by atoms with Crippen LogP contribution < -0.4 is 0 Å². The lowest BCUT2D eigenvalue weighted by molar-refractivity contribution is 0.0615. The number of halogens is 1. The summed E-state index contributed by atoms with van der Waals surface area (Å²) in [5, 5.41) is 2.12. The lowest BCUT2D eigenvalue weighted by Gasteiger charge is -2.35. The van der Waals surface area contributed by atoms with E-state index in [1.165, 1.54) is 29.1 Å². The Bertz CT molecular complexity index is 1010. The summed E-state index contributed by atoms with van der Waals surface area (Å²) in [6, 6.07) is 11.6. The first kappa shape index (κ1) is 18.8. The van der Waals surface area contributed by atoms with Crippen LogP contribution in [0.5, 0.6) is 0 Å². The smallest absolute Gasteiger partial charge is 0.270 e. The second kappa shape index (κ2) is 7.92. The van der Waals surface area contributed by atoms with Crippen LogP contribution in [0.3, 0.4) is 0 Å². The van der Waals surface area contributed by atoms with Crippen molar-refractivity contribution in [3.05, 3.63) is 58.9 Å². The molecule has 0 radical (unpaired) electrons. The van der Waals surface area contributed by atoms with Gasteiger partial charge >= 0.3 is 0 Å². The normalized spacial score (nSPS) is 18.7. The highest BCUT2D eigenvalue weighted by Gasteiger charge is 2.29. The molecule has 3 aromatic rings. The highest BCUT2D eigenvalue weighted by molar-refractivity contribution is 7.17. The van der Waals surface area contributed by atoms with Crippen LogP contribution in [0.15, 0.2) is 41.8 Å². The minimum absolute atomic E-state index is 0.144. The number of thiophene rings is 1. The predicted octanol–water partition coefficient (Wildman–Crippen LogP) is 4.92. The lowest BCUT2D eigenvalue weighted by Crippen LogP contribution is -2.48. The highest BCUT2D eigenvalue weighted by Crippen LogP contribution is 2.37. The molecule has 0 spiro atoms. The van der Waals surface area contributed by atoms with Crippen LogP contribution >= 0.6 is 11.3 Å². The zero-order chi connectivity index (χ0) is 19.8. The summed E-state index contributed by atoms with van der Waals surface area (Å²) in [6.45, 7) is 3.54. The van der Waals surface area contributed by atoms with E-state index in [1.54, 1.807) is 17.4 Å². The summed E-state index contributed by atoms with van der Waals surface area (Å²) in [7, 11) is 0. The van der Waals surface area contributed by atoms with Gasteiger partial charge in [0.2, 0.25) is 0 Å². The van der Waals surface area contributed by atoms with E-state index < -0.39 is 0 Å². The van der Waals surface area contributed by atoms with Gasteiger partial charge in [0.25, 0.3) is 5.91 Å². The lowest BCUT2D eigenvalue weighted by atomic mass is 10.2. The largest absolute Gasteiger partial charge is 0.335 e. The van der Waals surface area contributed by atoms with Gasteiger partial charge in [-0.15, -0.1) is 11.3 Å². The second-order valence-electron chi connectivity index (χ2n) is 8.17. The molecule has 0 unspecified atom stereocenters. The van der Waals surface area contributed by atoms with Crippen molar-refractivity contribution in [3.63, 3.8) is 0 Å². The third-order valence-corrected chi connectivity index (χ3v) is 7.23. The number of nitrogens with zero attached hydrogens (tertiary/aromatic N) is 3. The first-order chi connectivity index (χ1) is 14.2. The highest BCUT2D eigenvalue weighted by atomic mass is 32.1. The molecule has 1 saturated carbocycles. The molecule has 29 heavy (non-hydrogen) atoms. The molecule has 0 N–H and O–H groups in total. The van der Waals surface area contributed by atoms with Gasteiger partial charge in [0, 0.05) is 44.3 Å². The molecule has 2 fully saturated rings. The van der Waals surface area contributed by atoms with Crippen LogP contribution in [-0.4, -0.2) is 46.5 Å². The van der Waals surface area contributed by atoms with Crippen LogP contribution in [0.25, 0.3) is 10.2 Å². The zero-order valence-electron chi connectivity index (χ0n) is 16.5. The summed E-state index contributed by atoms with van der Waals surface area (Å²) in [4.78, 5) is 17.6. The van der Waals surface area contributed by atoms with Gasteiger partial charge in [-0.05, 0) is 36.4 Å². The third-order valence-electron chi connectivity index (χ3n) is 6.38. The quantitative estimate of drug-likeness (QED) is 0.610. The number of rotatable bonds is 4. The van der Waals surface area contributed by atoms with Crippen LogP contribution in [0.1, 0.15) is 47.8 Å². The molecular formula is C23H26FN3OS. The van der Waals surface area contributed by atoms with Crippen molar-refractivity contribution < 1.29 is 9.18 Å². The maximum absolute atomic E-state index is 13.9. The number of carbonyl (C=O) groups is 1. The topological polar surface area (TPSA) is 28.5 Å². The first-order valence-corrected chi connectivity index (χ1v) is 11.4. The maximum atomic E-state index is 13.9. The van der Waals surface area contributed by atoms with Crippen LogP contribution in [-0.2, 0) is 6.54 Å². The molecule has 6 heteroatoms. The monoisotopic (exact) mass is 411 g/mol. The summed E-state index contributed by atoms with van der Waals surface area (Å²) >= 11 is 1.71. The van der Waals surface area contributed by atoms with Gasteiger partial charge in [0.15, 0.2) is 0 Å². The minimum Gasteiger partial charge on any atom is -0.335 e. The fourth-order valence-electron chi connectivity index (χ4n) is 4.80. The molecule has 2 aromatic heterocycles. The minimum atomic E-state index is -0.152. The Morgan fingerprint density at radius 2 is 1.83 bits per heavy atom. The Kier molecular flexibility index (Phi) is 5.14. The molecule has 1 amide bonds. The Morgan fingerprint density at radius 3 is 2.59 bits per heavy atom. The summed E-state index contributed by atoms with van der Waals surface area (Å²) in [6.07, 6.45) is 4.82. The van der Waals surface area contributed by atoms with Crippen molar-refractivity contribution in [1.29, 1.82) is 0 Å². The number of carbonyl (C=O) groups excluding carboxylic acids is 1. The summed E-state index contributed by atoms with van der Waals surface area (Å²) in [5.41, 5.74) is 2.78. The summed E-state index contributed by atoms with van der Waals surface area (Å²) < 4.78 is 17.5. The zero-order valence-corrected chi connectivity index (χ0v) is 17.3. The number of amides is 1. The van der Waals surface area contributed by atoms with Crippen LogP contribution in [0, 0.1) is 5.82 Å². The van der Waals surface area contributed by atoms with Gasteiger partial charge in [-0.2, -0.15) is 0 Å². The third kappa shape index (κ3) is 3.60. The van der Waals surface area contributed by atoms with E-state index in [0.717, 1.165) is 37.2 Å². The van der Waals surface area contributed by atoms with Gasteiger partial charge in [-0.25, -0.2) is 4.39 Å². The van der Waals surface area contributed by atoms with Crippen molar-refractivity contribution >= 4 is 27.5 Å². The SMILES string of the molecule is O=C(c1cc2sccc2n1C1CCCC1)N1CCN(Cc2ccccc2F)CC1. The number of fused-ring (bicyclic) bond motifs is 1. The average molecular weight is 412 g/mol. The van der Waals surface area contributed by atoms with Crippen LogP contribution in [0.4, 0.5) is 4.39 Å². The molecule has 4 nitrogen and oxygen atoms in total. The van der Waals surface area contributed by atoms with Gasteiger partial charge in [-0.3, -0.25) is 9.69 Å². The van der Waals surface area contributed by atoms with E-state index in [0.29, 0.717) is 25.7 Å². The van der Waals surface area contributed by atoms with E-state index in [1.807, 2.05) is 17.0 Å². The fourth-order valence-corrected chi connectivity index (χ4v) is 5.61. The summed E-state index contributed by atoms with van der Waals surface area (Å²) in [5.74, 6) is -0.00805. The number of hydrogen-bond donors (Lipinski definition) is 0. The molecular weight excluding hydrogens is 385 g/mol. The molecule has 1 aromatic carbocycles. The van der Waals surface area contributed by atoms with Crippen molar-refractivity contribution in [3.8, 4) is 0 Å². The number of aromatic nitrogens is 1. The van der Waals surface area contributed by atoms with E-state index in [9.17, 15) is 9.18 Å². The van der Waals surface area contributed by atoms with E-state index in [2.05, 4.69) is 27.0 Å². The average Bonchev–Trinajstić information content (AvgIpc) is 3.47.